The minimum Gasteiger partial charge on any atom is -0.468 e. The molecule has 4 nitrogen and oxygen atoms in total. The summed E-state index contributed by atoms with van der Waals surface area (Å²) in [7, 11) is 1.39. The minimum absolute atomic E-state index is 0.0929. The first-order valence-electron chi connectivity index (χ1n) is 5.86. The van der Waals surface area contributed by atoms with E-state index in [4.69, 9.17) is 0 Å². The van der Waals surface area contributed by atoms with Gasteiger partial charge in [0.2, 0.25) is 0 Å². The summed E-state index contributed by atoms with van der Waals surface area (Å²) in [5.41, 5.74) is 1.03. The largest absolute Gasteiger partial charge is 0.468 e. The van der Waals surface area contributed by atoms with E-state index >= 15 is 0 Å². The summed E-state index contributed by atoms with van der Waals surface area (Å²) in [5.74, 6) is 0.0233. The Morgan fingerprint density at radius 2 is 2.16 bits per heavy atom. The molecule has 0 aromatic carbocycles. The number of carbonyl (C=O) groups excluding carboxylic acids is 1. The van der Waals surface area contributed by atoms with Crippen LogP contribution < -0.4 is 0 Å². The predicted octanol–water partition coefficient (Wildman–Crippen LogP) is 3.25. The van der Waals surface area contributed by atoms with Crippen molar-refractivity contribution in [2.24, 2.45) is 0 Å². The fourth-order valence-corrected chi connectivity index (χ4v) is 3.58. The average molecular weight is 296 g/mol. The molecule has 0 aliphatic rings. The summed E-state index contributed by atoms with van der Waals surface area (Å²) >= 11 is 3.08. The van der Waals surface area contributed by atoms with Crippen molar-refractivity contribution >= 4 is 39.3 Å². The van der Waals surface area contributed by atoms with Gasteiger partial charge in [-0.25, -0.2) is 9.97 Å². The lowest BCUT2D eigenvalue weighted by atomic mass is 9.95. The van der Waals surface area contributed by atoms with Gasteiger partial charge in [-0.1, -0.05) is 32.5 Å². The van der Waals surface area contributed by atoms with E-state index < -0.39 is 0 Å². The van der Waals surface area contributed by atoms with Crippen LogP contribution in [0.15, 0.2) is 17.4 Å². The maximum absolute atomic E-state index is 11.2. The van der Waals surface area contributed by atoms with Gasteiger partial charge in [0.1, 0.15) is 11.4 Å². The van der Waals surface area contributed by atoms with E-state index in [1.165, 1.54) is 23.7 Å². The highest BCUT2D eigenvalue weighted by Gasteiger charge is 2.19. The third-order valence-electron chi connectivity index (χ3n) is 2.57. The van der Waals surface area contributed by atoms with Gasteiger partial charge in [-0.2, -0.15) is 0 Å². The van der Waals surface area contributed by atoms with Crippen molar-refractivity contribution in [3.8, 4) is 0 Å². The average Bonchev–Trinajstić information content (AvgIpc) is 2.80. The molecular formula is C13H16N2O2S2. The number of methoxy groups -OCH3 is 1. The molecule has 0 aliphatic carbocycles. The minimum atomic E-state index is -0.246. The first kappa shape index (κ1) is 14.3. The number of thiophene rings is 1. The molecule has 0 bridgehead atoms. The van der Waals surface area contributed by atoms with Crippen LogP contribution >= 0.6 is 23.1 Å². The standard InChI is InChI=1S/C13H16N2O2S2/c1-13(2,3)9-5-8-11(19-9)12(15-7-14-8)18-6-10(16)17-4/h5,7H,6H2,1-4H3. The second-order valence-electron chi connectivity index (χ2n) is 5.12. The highest BCUT2D eigenvalue weighted by molar-refractivity contribution is 8.00. The van der Waals surface area contributed by atoms with Crippen LogP contribution in [0.25, 0.3) is 10.2 Å². The van der Waals surface area contributed by atoms with Gasteiger partial charge in [0.15, 0.2) is 0 Å². The number of rotatable bonds is 3. The number of esters is 1. The van der Waals surface area contributed by atoms with Crippen molar-refractivity contribution in [1.82, 2.24) is 9.97 Å². The maximum atomic E-state index is 11.2. The quantitative estimate of drug-likeness (QED) is 0.494. The SMILES string of the molecule is COC(=O)CSc1ncnc2cc(C(C)(C)C)sc12. The smallest absolute Gasteiger partial charge is 0.316 e. The molecule has 2 aromatic rings. The molecule has 2 rings (SSSR count). The van der Waals surface area contributed by atoms with E-state index in [0.717, 1.165) is 15.2 Å². The number of nitrogens with zero attached hydrogens (tertiary/aromatic N) is 2. The maximum Gasteiger partial charge on any atom is 0.316 e. The Labute approximate surface area is 120 Å². The predicted molar refractivity (Wildman–Crippen MR) is 78.9 cm³/mol. The van der Waals surface area contributed by atoms with Crippen molar-refractivity contribution in [1.29, 1.82) is 0 Å². The number of carbonyl (C=O) groups is 1. The van der Waals surface area contributed by atoms with Gasteiger partial charge in [0.05, 0.1) is 23.1 Å². The first-order valence-corrected chi connectivity index (χ1v) is 7.66. The van der Waals surface area contributed by atoms with E-state index in [1.54, 1.807) is 17.7 Å². The molecule has 0 spiro atoms. The zero-order valence-electron chi connectivity index (χ0n) is 11.4. The van der Waals surface area contributed by atoms with E-state index in [9.17, 15) is 4.79 Å². The van der Waals surface area contributed by atoms with E-state index in [2.05, 4.69) is 41.5 Å². The molecule has 0 radical (unpaired) electrons. The molecule has 0 saturated heterocycles. The molecule has 0 N–H and O–H groups in total. The first-order chi connectivity index (χ1) is 8.91. The number of hydrogen-bond donors (Lipinski definition) is 0. The number of thioether (sulfide) groups is 1. The summed E-state index contributed by atoms with van der Waals surface area (Å²) in [4.78, 5) is 21.0. The van der Waals surface area contributed by atoms with Gasteiger partial charge in [-0.3, -0.25) is 4.79 Å². The van der Waals surface area contributed by atoms with Crippen molar-refractivity contribution in [3.05, 3.63) is 17.3 Å². The summed E-state index contributed by atoms with van der Waals surface area (Å²) in [6, 6.07) is 2.10. The monoisotopic (exact) mass is 296 g/mol. The number of ether oxygens (including phenoxy) is 1. The van der Waals surface area contributed by atoms with Crippen LogP contribution in [0.4, 0.5) is 0 Å². The second kappa shape index (κ2) is 5.46. The summed E-state index contributed by atoms with van der Waals surface area (Å²) in [6.07, 6.45) is 1.54. The van der Waals surface area contributed by atoms with Crippen LogP contribution in [-0.2, 0) is 14.9 Å². The van der Waals surface area contributed by atoms with Crippen LogP contribution in [0.5, 0.6) is 0 Å². The zero-order valence-corrected chi connectivity index (χ0v) is 13.0. The number of fused-ring (bicyclic) bond motifs is 1. The summed E-state index contributed by atoms with van der Waals surface area (Å²) < 4.78 is 5.69. The fourth-order valence-electron chi connectivity index (χ4n) is 1.49. The molecule has 2 aromatic heterocycles. The molecule has 0 fully saturated rings. The van der Waals surface area contributed by atoms with Crippen LogP contribution in [-0.4, -0.2) is 28.8 Å². The van der Waals surface area contributed by atoms with Crippen LogP contribution in [0, 0.1) is 0 Å². The van der Waals surface area contributed by atoms with Gasteiger partial charge < -0.3 is 4.74 Å². The number of aromatic nitrogens is 2. The van der Waals surface area contributed by atoms with Crippen molar-refractivity contribution in [2.45, 2.75) is 31.2 Å². The molecule has 0 aliphatic heterocycles. The van der Waals surface area contributed by atoms with E-state index in [0.29, 0.717) is 0 Å². The molecule has 0 unspecified atom stereocenters. The van der Waals surface area contributed by atoms with E-state index in [-0.39, 0.29) is 17.1 Å². The number of hydrogen-bond acceptors (Lipinski definition) is 6. The Morgan fingerprint density at radius 3 is 2.79 bits per heavy atom. The highest BCUT2D eigenvalue weighted by Crippen LogP contribution is 2.37. The highest BCUT2D eigenvalue weighted by atomic mass is 32.2. The Balaban J connectivity index is 2.34. The molecular weight excluding hydrogens is 280 g/mol. The zero-order chi connectivity index (χ0) is 14.0. The van der Waals surface area contributed by atoms with Crippen LogP contribution in [0.3, 0.4) is 0 Å². The van der Waals surface area contributed by atoms with Crippen LogP contribution in [0.2, 0.25) is 0 Å². The Bertz CT molecular complexity index is 602. The fraction of sp³-hybridized carbons (Fsp3) is 0.462. The molecule has 102 valence electrons. The van der Waals surface area contributed by atoms with Gasteiger partial charge >= 0.3 is 5.97 Å². The topological polar surface area (TPSA) is 52.1 Å². The Kier molecular flexibility index (Phi) is 4.10. The van der Waals surface area contributed by atoms with E-state index in [1.807, 2.05) is 0 Å². The van der Waals surface area contributed by atoms with Gasteiger partial charge in [0.25, 0.3) is 0 Å². The van der Waals surface area contributed by atoms with Gasteiger partial charge in [0, 0.05) is 4.88 Å². The van der Waals surface area contributed by atoms with Crippen molar-refractivity contribution in [2.75, 3.05) is 12.9 Å². The Morgan fingerprint density at radius 1 is 1.42 bits per heavy atom. The summed E-state index contributed by atoms with van der Waals surface area (Å²) in [5, 5.41) is 0.843. The third-order valence-corrected chi connectivity index (χ3v) is 5.22. The summed E-state index contributed by atoms with van der Waals surface area (Å²) in [6.45, 7) is 6.52. The normalized spacial score (nSPS) is 11.8. The molecule has 2 heterocycles. The molecule has 6 heteroatoms. The van der Waals surface area contributed by atoms with Crippen LogP contribution in [0.1, 0.15) is 25.6 Å². The van der Waals surface area contributed by atoms with Crippen molar-refractivity contribution < 1.29 is 9.53 Å². The lowest BCUT2D eigenvalue weighted by molar-refractivity contribution is -0.137. The van der Waals surface area contributed by atoms with Gasteiger partial charge in [-0.15, -0.1) is 11.3 Å². The molecule has 0 saturated carbocycles. The Hall–Kier alpha value is -1.14. The van der Waals surface area contributed by atoms with Crippen molar-refractivity contribution in [3.63, 3.8) is 0 Å². The molecule has 0 amide bonds. The lowest BCUT2D eigenvalue weighted by Gasteiger charge is -2.14. The lowest BCUT2D eigenvalue weighted by Crippen LogP contribution is -2.07. The molecule has 19 heavy (non-hydrogen) atoms. The molecule has 0 atom stereocenters. The second-order valence-corrected chi connectivity index (χ2v) is 7.13. The third kappa shape index (κ3) is 3.25. The van der Waals surface area contributed by atoms with Gasteiger partial charge in [-0.05, 0) is 11.5 Å².